The van der Waals surface area contributed by atoms with Crippen LogP contribution in [0.2, 0.25) is 5.02 Å². The number of hydrogen-bond donors (Lipinski definition) is 4. The van der Waals surface area contributed by atoms with E-state index < -0.39 is 47.9 Å². The number of rotatable bonds is 14. The topological polar surface area (TPSA) is 151 Å². The summed E-state index contributed by atoms with van der Waals surface area (Å²) in [5, 5.41) is 15.9. The number of alkyl carbamates (subject to hydrolysis) is 1. The van der Waals surface area contributed by atoms with Gasteiger partial charge in [-0.3, -0.25) is 14.4 Å². The van der Waals surface area contributed by atoms with Crippen molar-refractivity contribution in [2.45, 2.75) is 97.8 Å². The second kappa shape index (κ2) is 16.2. The lowest BCUT2D eigenvalue weighted by atomic mass is 9.99. The number of benzene rings is 2. The largest absolute Gasteiger partial charge is 0.508 e. The molecular formula is C32H45ClN4O6. The number of unbranched alkanes of at least 4 members (excludes halogenated alkanes) is 4. The average molecular weight is 617 g/mol. The van der Waals surface area contributed by atoms with E-state index in [-0.39, 0.29) is 12.3 Å². The fourth-order valence-electron chi connectivity index (χ4n) is 4.61. The van der Waals surface area contributed by atoms with E-state index in [9.17, 15) is 24.3 Å². The lowest BCUT2D eigenvalue weighted by Gasteiger charge is -2.34. The van der Waals surface area contributed by atoms with Crippen molar-refractivity contribution < 1.29 is 29.0 Å². The number of carbonyl (C=O) groups is 4. The van der Waals surface area contributed by atoms with Crippen molar-refractivity contribution in [3.05, 3.63) is 58.1 Å². The Morgan fingerprint density at radius 1 is 1.02 bits per heavy atom. The fraction of sp³-hybridized carbons (Fsp3) is 0.500. The molecule has 2 unspecified atom stereocenters. The summed E-state index contributed by atoms with van der Waals surface area (Å²) in [4.78, 5) is 54.5. The Kier molecular flexibility index (Phi) is 13.3. The number of aryl methyl sites for hydroxylation is 2. The molecule has 236 valence electrons. The van der Waals surface area contributed by atoms with Gasteiger partial charge in [-0.05, 0) is 75.9 Å². The molecule has 11 heteroatoms. The van der Waals surface area contributed by atoms with Crippen molar-refractivity contribution in [2.75, 3.05) is 11.9 Å². The van der Waals surface area contributed by atoms with Crippen LogP contribution in [0.1, 0.15) is 89.0 Å². The molecule has 43 heavy (non-hydrogen) atoms. The molecule has 2 aromatic carbocycles. The minimum atomic E-state index is -1.39. The smallest absolute Gasteiger partial charge is 0.408 e. The number of anilines is 1. The van der Waals surface area contributed by atoms with Gasteiger partial charge in [0, 0.05) is 6.54 Å². The number of hydrogen-bond acceptors (Lipinski definition) is 6. The maximum atomic E-state index is 14.2. The third-order valence-corrected chi connectivity index (χ3v) is 7.06. The van der Waals surface area contributed by atoms with Gasteiger partial charge in [0.05, 0.1) is 17.1 Å². The first-order valence-corrected chi connectivity index (χ1v) is 15.0. The van der Waals surface area contributed by atoms with E-state index in [1.807, 2.05) is 0 Å². The van der Waals surface area contributed by atoms with Crippen LogP contribution in [0.4, 0.5) is 10.5 Å². The molecular weight excluding hydrogens is 572 g/mol. The first-order chi connectivity index (χ1) is 20.1. The molecule has 0 aliphatic heterocycles. The summed E-state index contributed by atoms with van der Waals surface area (Å²) in [7, 11) is 0. The minimum absolute atomic E-state index is 0.0282. The van der Waals surface area contributed by atoms with Gasteiger partial charge in [-0.15, -0.1) is 0 Å². The van der Waals surface area contributed by atoms with Crippen LogP contribution in [0.3, 0.4) is 0 Å². The van der Waals surface area contributed by atoms with Crippen LogP contribution in [-0.4, -0.2) is 52.0 Å². The molecule has 10 nitrogen and oxygen atoms in total. The highest BCUT2D eigenvalue weighted by atomic mass is 35.5. The predicted molar refractivity (Wildman–Crippen MR) is 168 cm³/mol. The molecule has 2 rings (SSSR count). The summed E-state index contributed by atoms with van der Waals surface area (Å²) in [5.74, 6) is -2.02. The van der Waals surface area contributed by atoms with Crippen molar-refractivity contribution in [1.82, 2.24) is 10.2 Å². The molecule has 0 aromatic heterocycles. The van der Waals surface area contributed by atoms with Crippen LogP contribution in [0.25, 0.3) is 0 Å². The van der Waals surface area contributed by atoms with Gasteiger partial charge in [-0.1, -0.05) is 62.4 Å². The van der Waals surface area contributed by atoms with Crippen molar-refractivity contribution in [3.8, 4) is 5.75 Å². The predicted octanol–water partition coefficient (Wildman–Crippen LogP) is 5.91. The number of amides is 4. The van der Waals surface area contributed by atoms with Crippen LogP contribution in [0.5, 0.6) is 5.75 Å². The fourth-order valence-corrected chi connectivity index (χ4v) is 4.88. The monoisotopic (exact) mass is 616 g/mol. The quantitative estimate of drug-likeness (QED) is 0.194. The molecule has 0 heterocycles. The Hall–Kier alpha value is -3.79. The number of halogens is 1. The number of aromatic hydroxyl groups is 1. The Labute approximate surface area is 259 Å². The lowest BCUT2D eigenvalue weighted by Crippen LogP contribution is -2.53. The zero-order valence-electron chi connectivity index (χ0n) is 26.0. The van der Waals surface area contributed by atoms with Gasteiger partial charge in [0.1, 0.15) is 23.4 Å². The maximum Gasteiger partial charge on any atom is 0.408 e. The summed E-state index contributed by atoms with van der Waals surface area (Å²) >= 11 is 6.42. The third-order valence-electron chi connectivity index (χ3n) is 6.75. The van der Waals surface area contributed by atoms with Crippen LogP contribution < -0.4 is 16.4 Å². The van der Waals surface area contributed by atoms with E-state index >= 15 is 0 Å². The first-order valence-electron chi connectivity index (χ1n) is 14.6. The number of nitrogens with zero attached hydrogens (tertiary/aromatic N) is 1. The van der Waals surface area contributed by atoms with Gasteiger partial charge in [-0.2, -0.15) is 0 Å². The number of primary amides is 1. The summed E-state index contributed by atoms with van der Waals surface area (Å²) in [5.41, 5.74) is 6.66. The molecule has 0 radical (unpaired) electrons. The molecule has 5 N–H and O–H groups in total. The van der Waals surface area contributed by atoms with Crippen LogP contribution in [0.15, 0.2) is 36.4 Å². The van der Waals surface area contributed by atoms with E-state index in [0.717, 1.165) is 31.2 Å². The number of carbonyl (C=O) groups excluding carboxylic acids is 4. The highest BCUT2D eigenvalue weighted by Crippen LogP contribution is 2.31. The van der Waals surface area contributed by atoms with Crippen molar-refractivity contribution >= 4 is 41.1 Å². The van der Waals surface area contributed by atoms with Gasteiger partial charge in [0.15, 0.2) is 0 Å². The first kappa shape index (κ1) is 35.4. The zero-order chi connectivity index (χ0) is 32.3. The molecule has 2 atom stereocenters. The summed E-state index contributed by atoms with van der Waals surface area (Å²) in [6.45, 7) is 10.7. The Bertz CT molecular complexity index is 1270. The van der Waals surface area contributed by atoms with Crippen LogP contribution >= 0.6 is 11.6 Å². The SMILES string of the molecule is CCCCCCCN(C(=O)C(CC(N)=O)NC(=O)OC(C)(C)C)C(C(=O)Nc1c(C)cccc1Cl)c1ccc(O)c(C)c1. The Morgan fingerprint density at radius 3 is 2.28 bits per heavy atom. The van der Waals surface area contributed by atoms with Gasteiger partial charge < -0.3 is 31.1 Å². The number of phenols is 1. The van der Waals surface area contributed by atoms with E-state index in [1.165, 1.54) is 11.0 Å². The summed E-state index contributed by atoms with van der Waals surface area (Å²) < 4.78 is 5.34. The van der Waals surface area contributed by atoms with Gasteiger partial charge in [0.25, 0.3) is 5.91 Å². The Balaban J connectivity index is 2.62. The van der Waals surface area contributed by atoms with Crippen LogP contribution in [-0.2, 0) is 19.1 Å². The molecule has 4 amide bonds. The molecule has 0 fully saturated rings. The molecule has 0 saturated carbocycles. The van der Waals surface area contributed by atoms with Gasteiger partial charge in [-0.25, -0.2) is 4.79 Å². The number of ether oxygens (including phenoxy) is 1. The number of nitrogens with two attached hydrogens (primary N) is 1. The highest BCUT2D eigenvalue weighted by Gasteiger charge is 2.37. The van der Waals surface area contributed by atoms with Crippen LogP contribution in [0, 0.1) is 13.8 Å². The average Bonchev–Trinajstić information content (AvgIpc) is 2.89. The lowest BCUT2D eigenvalue weighted by molar-refractivity contribution is -0.142. The van der Waals surface area contributed by atoms with Crippen molar-refractivity contribution in [2.24, 2.45) is 5.73 Å². The Morgan fingerprint density at radius 2 is 1.70 bits per heavy atom. The van der Waals surface area contributed by atoms with E-state index in [2.05, 4.69) is 17.6 Å². The second-order valence-electron chi connectivity index (χ2n) is 11.7. The molecule has 0 aliphatic rings. The van der Waals surface area contributed by atoms with Gasteiger partial charge >= 0.3 is 6.09 Å². The second-order valence-corrected chi connectivity index (χ2v) is 12.1. The third kappa shape index (κ3) is 11.1. The zero-order valence-corrected chi connectivity index (χ0v) is 26.7. The van der Waals surface area contributed by atoms with Gasteiger partial charge in [0.2, 0.25) is 11.8 Å². The van der Waals surface area contributed by atoms with Crippen molar-refractivity contribution in [1.29, 1.82) is 0 Å². The normalized spacial score (nSPS) is 12.6. The van der Waals surface area contributed by atoms with E-state index in [0.29, 0.717) is 28.3 Å². The maximum absolute atomic E-state index is 14.2. The summed E-state index contributed by atoms with van der Waals surface area (Å²) in [6.07, 6.45) is 2.94. The highest BCUT2D eigenvalue weighted by molar-refractivity contribution is 6.34. The molecule has 0 bridgehead atoms. The molecule has 2 aromatic rings. The molecule has 0 saturated heterocycles. The minimum Gasteiger partial charge on any atom is -0.508 e. The number of phenolic OH excluding ortho intramolecular Hbond substituents is 1. The molecule has 0 spiro atoms. The van der Waals surface area contributed by atoms with E-state index in [4.69, 9.17) is 22.1 Å². The number of para-hydroxylation sites is 1. The standard InChI is InChI=1S/C32H45ClN4O6/c1-7-8-9-10-11-17-37(30(41)24(19-26(34)39)35-31(42)43-32(4,5)6)28(22-15-16-25(38)21(3)18-22)29(40)36-27-20(2)13-12-14-23(27)33/h12-16,18,24,28,38H,7-11,17,19H2,1-6H3,(H2,34,39)(H,35,42)(H,36,40). The van der Waals surface area contributed by atoms with E-state index in [1.54, 1.807) is 65.0 Å². The number of nitrogens with one attached hydrogen (secondary N) is 2. The molecule has 0 aliphatic carbocycles. The van der Waals surface area contributed by atoms with Crippen molar-refractivity contribution in [3.63, 3.8) is 0 Å². The summed E-state index contributed by atoms with van der Waals surface area (Å²) in [6, 6.07) is 7.25.